The van der Waals surface area contributed by atoms with E-state index in [1.54, 1.807) is 19.1 Å². The Balaban J connectivity index is 2.03. The topological polar surface area (TPSA) is 108 Å². The number of nitrogens with one attached hydrogen (secondary N) is 1. The first-order valence-corrected chi connectivity index (χ1v) is 7.68. The van der Waals surface area contributed by atoms with Gasteiger partial charge in [-0.3, -0.25) is 14.9 Å². The largest absolute Gasteiger partial charge is 0.496 e. The summed E-state index contributed by atoms with van der Waals surface area (Å²) in [5.74, 6) is -1.03. The van der Waals surface area contributed by atoms with Crippen molar-refractivity contribution >= 4 is 23.3 Å². The first kappa shape index (κ1) is 18.9. The van der Waals surface area contributed by atoms with Gasteiger partial charge in [-0.2, -0.15) is 0 Å². The van der Waals surface area contributed by atoms with Gasteiger partial charge in [-0.05, 0) is 37.6 Å². The molecule has 2 aromatic carbocycles. The van der Waals surface area contributed by atoms with Crippen molar-refractivity contribution in [1.29, 1.82) is 0 Å². The Hall–Kier alpha value is -3.42. The third-order valence-corrected chi connectivity index (χ3v) is 3.61. The molecule has 0 aliphatic rings. The summed E-state index contributed by atoms with van der Waals surface area (Å²) in [4.78, 5) is 34.5. The smallest absolute Gasteiger partial charge is 0.338 e. The highest BCUT2D eigenvalue weighted by Crippen LogP contribution is 2.28. The molecule has 2 aromatic rings. The highest BCUT2D eigenvalue weighted by molar-refractivity contribution is 5.97. The average molecular weight is 358 g/mol. The van der Waals surface area contributed by atoms with E-state index in [0.717, 1.165) is 11.1 Å². The van der Waals surface area contributed by atoms with Crippen LogP contribution in [-0.4, -0.2) is 30.5 Å². The molecule has 0 saturated carbocycles. The normalized spacial score (nSPS) is 10.1. The summed E-state index contributed by atoms with van der Waals surface area (Å²) in [6.07, 6.45) is 0. The Morgan fingerprint density at radius 3 is 2.50 bits per heavy atom. The molecule has 1 N–H and O–H groups in total. The molecule has 0 bridgehead atoms. The van der Waals surface area contributed by atoms with Gasteiger partial charge in [-0.25, -0.2) is 4.79 Å². The SMILES string of the molecule is COc1ccc(NC(=O)COC(=O)c2ccc(C)cc2C)c([N+](=O)[O-])c1. The summed E-state index contributed by atoms with van der Waals surface area (Å²) >= 11 is 0. The van der Waals surface area contributed by atoms with Gasteiger partial charge in [-0.1, -0.05) is 17.7 Å². The van der Waals surface area contributed by atoms with Crippen LogP contribution >= 0.6 is 0 Å². The molecule has 0 radical (unpaired) electrons. The summed E-state index contributed by atoms with van der Waals surface area (Å²) in [5, 5.41) is 13.5. The van der Waals surface area contributed by atoms with E-state index in [1.165, 1.54) is 25.3 Å². The zero-order valence-corrected chi connectivity index (χ0v) is 14.6. The van der Waals surface area contributed by atoms with Gasteiger partial charge in [-0.15, -0.1) is 0 Å². The number of carbonyl (C=O) groups excluding carboxylic acids is 2. The fraction of sp³-hybridized carbons (Fsp3) is 0.222. The molecular weight excluding hydrogens is 340 g/mol. The number of aryl methyl sites for hydroxylation is 2. The molecule has 0 fully saturated rings. The summed E-state index contributed by atoms with van der Waals surface area (Å²) < 4.78 is 9.91. The van der Waals surface area contributed by atoms with E-state index >= 15 is 0 Å². The number of esters is 1. The maximum atomic E-state index is 12.1. The molecule has 136 valence electrons. The third-order valence-electron chi connectivity index (χ3n) is 3.61. The van der Waals surface area contributed by atoms with Crippen LogP contribution in [0.4, 0.5) is 11.4 Å². The number of carbonyl (C=O) groups is 2. The highest BCUT2D eigenvalue weighted by atomic mass is 16.6. The lowest BCUT2D eigenvalue weighted by Gasteiger charge is -2.09. The van der Waals surface area contributed by atoms with Gasteiger partial charge in [0.05, 0.1) is 23.7 Å². The molecule has 0 unspecified atom stereocenters. The van der Waals surface area contributed by atoms with Crippen LogP contribution < -0.4 is 10.1 Å². The van der Waals surface area contributed by atoms with Gasteiger partial charge in [0.15, 0.2) is 6.61 Å². The van der Waals surface area contributed by atoms with E-state index in [1.807, 2.05) is 13.0 Å². The zero-order chi connectivity index (χ0) is 19.3. The number of nitro groups is 1. The summed E-state index contributed by atoms with van der Waals surface area (Å²) in [5.41, 5.74) is 1.77. The number of benzene rings is 2. The Labute approximate surface area is 149 Å². The Bertz CT molecular complexity index is 863. The van der Waals surface area contributed by atoms with Gasteiger partial charge in [0.25, 0.3) is 11.6 Å². The monoisotopic (exact) mass is 358 g/mol. The van der Waals surface area contributed by atoms with Gasteiger partial charge in [0.2, 0.25) is 0 Å². The van der Waals surface area contributed by atoms with Crippen LogP contribution in [0.25, 0.3) is 0 Å². The maximum Gasteiger partial charge on any atom is 0.338 e. The van der Waals surface area contributed by atoms with E-state index in [2.05, 4.69) is 5.32 Å². The van der Waals surface area contributed by atoms with E-state index < -0.39 is 23.4 Å². The predicted molar refractivity (Wildman–Crippen MR) is 94.5 cm³/mol. The van der Waals surface area contributed by atoms with E-state index in [4.69, 9.17) is 9.47 Å². The van der Waals surface area contributed by atoms with Crippen molar-refractivity contribution in [3.8, 4) is 5.75 Å². The lowest BCUT2D eigenvalue weighted by Crippen LogP contribution is -2.21. The first-order valence-electron chi connectivity index (χ1n) is 7.68. The van der Waals surface area contributed by atoms with Gasteiger partial charge < -0.3 is 14.8 Å². The van der Waals surface area contributed by atoms with Gasteiger partial charge >= 0.3 is 5.97 Å². The number of anilines is 1. The predicted octanol–water partition coefficient (Wildman–Crippen LogP) is 3.02. The van der Waals surface area contributed by atoms with Crippen molar-refractivity contribution in [3.63, 3.8) is 0 Å². The number of hydrogen-bond acceptors (Lipinski definition) is 6. The van der Waals surface area contributed by atoms with Crippen molar-refractivity contribution in [2.75, 3.05) is 19.0 Å². The number of ether oxygens (including phenoxy) is 2. The summed E-state index contributed by atoms with van der Waals surface area (Å²) in [7, 11) is 1.38. The molecule has 0 aliphatic heterocycles. The van der Waals surface area contributed by atoms with Crippen LogP contribution in [-0.2, 0) is 9.53 Å². The minimum atomic E-state index is -0.684. The maximum absolute atomic E-state index is 12.1. The molecule has 2 rings (SSSR count). The van der Waals surface area contributed by atoms with Crippen molar-refractivity contribution < 1.29 is 24.0 Å². The number of methoxy groups -OCH3 is 1. The Kier molecular flexibility index (Phi) is 5.90. The van der Waals surface area contributed by atoms with Crippen molar-refractivity contribution in [3.05, 3.63) is 63.2 Å². The van der Waals surface area contributed by atoms with Crippen LogP contribution in [0.2, 0.25) is 0 Å². The molecular formula is C18H18N2O6. The molecule has 0 saturated heterocycles. The Morgan fingerprint density at radius 1 is 1.15 bits per heavy atom. The second-order valence-electron chi connectivity index (χ2n) is 5.58. The van der Waals surface area contributed by atoms with Crippen molar-refractivity contribution in [2.24, 2.45) is 0 Å². The number of amides is 1. The van der Waals surface area contributed by atoms with E-state index in [9.17, 15) is 19.7 Å². The molecule has 1 amide bonds. The molecule has 0 aliphatic carbocycles. The van der Waals surface area contributed by atoms with E-state index in [0.29, 0.717) is 5.56 Å². The lowest BCUT2D eigenvalue weighted by molar-refractivity contribution is -0.384. The number of rotatable bonds is 6. The van der Waals surface area contributed by atoms with Crippen LogP contribution in [0.1, 0.15) is 21.5 Å². The fourth-order valence-electron chi connectivity index (χ4n) is 2.33. The Morgan fingerprint density at radius 2 is 1.88 bits per heavy atom. The quantitative estimate of drug-likeness (QED) is 0.483. The van der Waals surface area contributed by atoms with Crippen molar-refractivity contribution in [2.45, 2.75) is 13.8 Å². The van der Waals surface area contributed by atoms with E-state index in [-0.39, 0.29) is 17.1 Å². The summed E-state index contributed by atoms with van der Waals surface area (Å²) in [6, 6.07) is 9.24. The zero-order valence-electron chi connectivity index (χ0n) is 14.6. The number of nitro benzene ring substituents is 1. The minimum Gasteiger partial charge on any atom is -0.496 e. The van der Waals surface area contributed by atoms with Crippen LogP contribution in [0, 0.1) is 24.0 Å². The van der Waals surface area contributed by atoms with Gasteiger partial charge in [0.1, 0.15) is 11.4 Å². The molecule has 26 heavy (non-hydrogen) atoms. The van der Waals surface area contributed by atoms with Gasteiger partial charge in [0, 0.05) is 0 Å². The standard InChI is InChI=1S/C18H18N2O6/c1-11-4-6-14(12(2)8-11)18(22)26-10-17(21)19-15-7-5-13(25-3)9-16(15)20(23)24/h4-9H,10H2,1-3H3,(H,19,21). The summed E-state index contributed by atoms with van der Waals surface area (Å²) in [6.45, 7) is 3.11. The third kappa shape index (κ3) is 4.56. The average Bonchev–Trinajstić information content (AvgIpc) is 2.59. The molecule has 8 heteroatoms. The molecule has 0 atom stereocenters. The fourth-order valence-corrected chi connectivity index (χ4v) is 2.33. The second-order valence-corrected chi connectivity index (χ2v) is 5.58. The molecule has 0 spiro atoms. The number of nitrogens with zero attached hydrogens (tertiary/aromatic N) is 1. The molecule has 8 nitrogen and oxygen atoms in total. The molecule has 0 heterocycles. The second kappa shape index (κ2) is 8.11. The van der Waals surface area contributed by atoms with Crippen LogP contribution in [0.5, 0.6) is 5.75 Å². The molecule has 0 aromatic heterocycles. The first-order chi connectivity index (χ1) is 12.3. The number of hydrogen-bond donors (Lipinski definition) is 1. The van der Waals surface area contributed by atoms with Crippen LogP contribution in [0.3, 0.4) is 0 Å². The van der Waals surface area contributed by atoms with Crippen LogP contribution in [0.15, 0.2) is 36.4 Å². The minimum absolute atomic E-state index is 0.0108. The lowest BCUT2D eigenvalue weighted by atomic mass is 10.1. The highest BCUT2D eigenvalue weighted by Gasteiger charge is 2.18. The van der Waals surface area contributed by atoms with Crippen molar-refractivity contribution in [1.82, 2.24) is 0 Å².